The van der Waals surface area contributed by atoms with Gasteiger partial charge in [0, 0.05) is 5.69 Å². The molecule has 0 aliphatic rings. The number of anilines is 1. The maximum atomic E-state index is 11.6. The van der Waals surface area contributed by atoms with Gasteiger partial charge >= 0.3 is 6.03 Å². The molecule has 106 valence electrons. The van der Waals surface area contributed by atoms with Crippen molar-refractivity contribution in [3.05, 3.63) is 59.7 Å². The molecule has 2 N–H and O–H groups in total. The molecule has 5 nitrogen and oxygen atoms in total. The first-order chi connectivity index (χ1) is 10.2. The van der Waals surface area contributed by atoms with Gasteiger partial charge in [-0.05, 0) is 43.3 Å². The van der Waals surface area contributed by atoms with Crippen LogP contribution in [-0.4, -0.2) is 12.8 Å². The monoisotopic (exact) mass is 281 g/mol. The summed E-state index contributed by atoms with van der Waals surface area (Å²) in [6.07, 6.45) is 0. The molecule has 5 heteroatoms. The van der Waals surface area contributed by atoms with Crippen LogP contribution in [0.4, 0.5) is 10.5 Å². The Morgan fingerprint density at radius 2 is 1.81 bits per heavy atom. The van der Waals surface area contributed by atoms with Crippen LogP contribution in [0.15, 0.2) is 48.5 Å². The molecule has 0 fully saturated rings. The topological polar surface area (TPSA) is 74.2 Å². The highest BCUT2D eigenvalue weighted by Crippen LogP contribution is 2.11. The predicted molar refractivity (Wildman–Crippen MR) is 80.0 cm³/mol. The average molecular weight is 281 g/mol. The Hall–Kier alpha value is -3.00. The highest BCUT2D eigenvalue weighted by Gasteiger charge is 2.01. The Bertz CT molecular complexity index is 643. The third-order valence-corrected chi connectivity index (χ3v) is 2.76. The lowest BCUT2D eigenvalue weighted by Gasteiger charge is -2.09. The lowest BCUT2D eigenvalue weighted by molar-refractivity contribution is 0.234. The standard InChI is InChI=1S/C16H15N3O2/c1-12-2-8-15(9-3-12)21-11-18-16(20)19-14-6-4-13(10-17)5-7-14/h2-9H,11H2,1H3,(H2,18,19,20). The summed E-state index contributed by atoms with van der Waals surface area (Å²) >= 11 is 0. The molecule has 0 aromatic heterocycles. The maximum Gasteiger partial charge on any atom is 0.321 e. The predicted octanol–water partition coefficient (Wildman–Crippen LogP) is 3.02. The Balaban J connectivity index is 1.76. The highest BCUT2D eigenvalue weighted by atomic mass is 16.5. The van der Waals surface area contributed by atoms with Gasteiger partial charge in [0.15, 0.2) is 6.73 Å². The Morgan fingerprint density at radius 1 is 1.14 bits per heavy atom. The minimum absolute atomic E-state index is 0.0746. The zero-order valence-electron chi connectivity index (χ0n) is 11.6. The van der Waals surface area contributed by atoms with E-state index in [0.717, 1.165) is 5.56 Å². The average Bonchev–Trinajstić information content (AvgIpc) is 2.50. The normalized spacial score (nSPS) is 9.52. The van der Waals surface area contributed by atoms with Crippen molar-refractivity contribution in [2.75, 3.05) is 12.0 Å². The molecule has 21 heavy (non-hydrogen) atoms. The largest absolute Gasteiger partial charge is 0.473 e. The Kier molecular flexibility index (Phi) is 4.78. The van der Waals surface area contributed by atoms with E-state index in [1.165, 1.54) is 0 Å². The zero-order chi connectivity index (χ0) is 15.1. The number of rotatable bonds is 4. The van der Waals surface area contributed by atoms with Gasteiger partial charge in [-0.2, -0.15) is 5.26 Å². The maximum absolute atomic E-state index is 11.6. The first-order valence-corrected chi connectivity index (χ1v) is 6.42. The SMILES string of the molecule is Cc1ccc(OCNC(=O)Nc2ccc(C#N)cc2)cc1. The Labute approximate surface area is 123 Å². The van der Waals surface area contributed by atoms with Crippen molar-refractivity contribution in [3.8, 4) is 11.8 Å². The van der Waals surface area contributed by atoms with Crippen LogP contribution in [0, 0.1) is 18.3 Å². The van der Waals surface area contributed by atoms with Crippen LogP contribution in [0.25, 0.3) is 0 Å². The van der Waals surface area contributed by atoms with Gasteiger partial charge in [0.05, 0.1) is 11.6 Å². The summed E-state index contributed by atoms with van der Waals surface area (Å²) in [4.78, 5) is 11.6. The lowest BCUT2D eigenvalue weighted by atomic mass is 10.2. The van der Waals surface area contributed by atoms with Crippen molar-refractivity contribution < 1.29 is 9.53 Å². The lowest BCUT2D eigenvalue weighted by Crippen LogP contribution is -2.31. The molecule has 0 bridgehead atoms. The van der Waals surface area contributed by atoms with E-state index in [1.807, 2.05) is 37.3 Å². The Morgan fingerprint density at radius 3 is 2.43 bits per heavy atom. The molecule has 0 spiro atoms. The molecule has 0 radical (unpaired) electrons. The molecular weight excluding hydrogens is 266 g/mol. The fourth-order valence-electron chi connectivity index (χ4n) is 1.62. The zero-order valence-corrected chi connectivity index (χ0v) is 11.6. The van der Waals surface area contributed by atoms with Crippen LogP contribution in [0.2, 0.25) is 0 Å². The molecule has 2 aromatic carbocycles. The molecular formula is C16H15N3O2. The first-order valence-electron chi connectivity index (χ1n) is 6.42. The van der Waals surface area contributed by atoms with Crippen molar-refractivity contribution in [1.29, 1.82) is 5.26 Å². The molecule has 0 unspecified atom stereocenters. The van der Waals surface area contributed by atoms with Crippen molar-refractivity contribution in [2.45, 2.75) is 6.92 Å². The first kappa shape index (κ1) is 14.4. The molecule has 0 aliphatic heterocycles. The number of nitriles is 1. The molecule has 0 aliphatic carbocycles. The number of carbonyl (C=O) groups is 1. The third kappa shape index (κ3) is 4.55. The van der Waals surface area contributed by atoms with E-state index in [9.17, 15) is 4.79 Å². The summed E-state index contributed by atoms with van der Waals surface area (Å²) in [6.45, 7) is 2.07. The second kappa shape index (κ2) is 6.96. The van der Waals surface area contributed by atoms with E-state index in [-0.39, 0.29) is 12.8 Å². The van der Waals surface area contributed by atoms with E-state index >= 15 is 0 Å². The fourth-order valence-corrected chi connectivity index (χ4v) is 1.62. The van der Waals surface area contributed by atoms with E-state index in [2.05, 4.69) is 10.6 Å². The third-order valence-electron chi connectivity index (χ3n) is 2.76. The molecule has 0 saturated carbocycles. The van der Waals surface area contributed by atoms with Crippen LogP contribution < -0.4 is 15.4 Å². The summed E-state index contributed by atoms with van der Waals surface area (Å²) < 4.78 is 5.39. The van der Waals surface area contributed by atoms with Crippen molar-refractivity contribution in [3.63, 3.8) is 0 Å². The van der Waals surface area contributed by atoms with Gasteiger partial charge in [0.1, 0.15) is 5.75 Å². The van der Waals surface area contributed by atoms with Crippen LogP contribution in [0.3, 0.4) is 0 Å². The minimum atomic E-state index is -0.369. The van der Waals surface area contributed by atoms with Crippen molar-refractivity contribution in [1.82, 2.24) is 5.32 Å². The second-order valence-corrected chi connectivity index (χ2v) is 4.42. The number of aryl methyl sites for hydroxylation is 1. The number of hydrogen-bond donors (Lipinski definition) is 2. The van der Waals surface area contributed by atoms with Gasteiger partial charge < -0.3 is 15.4 Å². The molecule has 0 atom stereocenters. The van der Waals surface area contributed by atoms with Crippen molar-refractivity contribution >= 4 is 11.7 Å². The number of nitrogens with one attached hydrogen (secondary N) is 2. The molecule has 2 amide bonds. The number of hydrogen-bond acceptors (Lipinski definition) is 3. The van der Waals surface area contributed by atoms with Gasteiger partial charge in [0.2, 0.25) is 0 Å². The van der Waals surface area contributed by atoms with Gasteiger partial charge in [-0.3, -0.25) is 0 Å². The smallest absolute Gasteiger partial charge is 0.321 e. The summed E-state index contributed by atoms with van der Waals surface area (Å²) in [5.41, 5.74) is 2.30. The highest BCUT2D eigenvalue weighted by molar-refractivity contribution is 5.89. The quantitative estimate of drug-likeness (QED) is 0.846. The van der Waals surface area contributed by atoms with Crippen LogP contribution in [-0.2, 0) is 0 Å². The molecule has 2 rings (SSSR count). The molecule has 2 aromatic rings. The fraction of sp³-hybridized carbons (Fsp3) is 0.125. The van der Waals surface area contributed by atoms with Gasteiger partial charge in [0.25, 0.3) is 0 Å². The number of ether oxygens (including phenoxy) is 1. The van der Waals surface area contributed by atoms with Gasteiger partial charge in [-0.25, -0.2) is 4.79 Å². The van der Waals surface area contributed by atoms with Crippen LogP contribution in [0.1, 0.15) is 11.1 Å². The number of carbonyl (C=O) groups excluding carboxylic acids is 1. The van der Waals surface area contributed by atoms with Crippen LogP contribution >= 0.6 is 0 Å². The minimum Gasteiger partial charge on any atom is -0.473 e. The van der Waals surface area contributed by atoms with E-state index in [1.54, 1.807) is 24.3 Å². The van der Waals surface area contributed by atoms with E-state index < -0.39 is 0 Å². The summed E-state index contributed by atoms with van der Waals surface area (Å²) in [5.74, 6) is 0.694. The number of nitrogens with zero attached hydrogens (tertiary/aromatic N) is 1. The summed E-state index contributed by atoms with van der Waals surface area (Å²) in [7, 11) is 0. The second-order valence-electron chi connectivity index (χ2n) is 4.42. The summed E-state index contributed by atoms with van der Waals surface area (Å²) in [5, 5.41) is 13.9. The van der Waals surface area contributed by atoms with E-state index in [0.29, 0.717) is 17.0 Å². The van der Waals surface area contributed by atoms with Crippen LogP contribution in [0.5, 0.6) is 5.75 Å². The van der Waals surface area contributed by atoms with Gasteiger partial charge in [-0.1, -0.05) is 17.7 Å². The molecule has 0 heterocycles. The summed E-state index contributed by atoms with van der Waals surface area (Å²) in [6, 6.07) is 15.8. The van der Waals surface area contributed by atoms with Gasteiger partial charge in [-0.15, -0.1) is 0 Å². The number of benzene rings is 2. The molecule has 0 saturated heterocycles. The number of amides is 2. The van der Waals surface area contributed by atoms with E-state index in [4.69, 9.17) is 10.00 Å². The number of urea groups is 1. The van der Waals surface area contributed by atoms with Crippen molar-refractivity contribution in [2.24, 2.45) is 0 Å².